The van der Waals surface area contributed by atoms with Gasteiger partial charge < -0.3 is 15.2 Å². The maximum absolute atomic E-state index is 12.1. The number of carbonyl (C=O) groups is 1. The standard InChI is InChI=1S/C17H20N2O5S/c1-24-17-9-5-8-14(19-17)15(20)12-18-16(21)10-11-25(22,23)13-6-3-2-4-7-13/h2-9,15,20H,10-12H2,1H3,(H,18,21). The Morgan fingerprint density at radius 1 is 1.20 bits per heavy atom. The van der Waals surface area contributed by atoms with Gasteiger partial charge in [0.25, 0.3) is 0 Å². The smallest absolute Gasteiger partial charge is 0.221 e. The number of nitrogens with one attached hydrogen (secondary N) is 1. The summed E-state index contributed by atoms with van der Waals surface area (Å²) in [5.41, 5.74) is 0.358. The lowest BCUT2D eigenvalue weighted by Gasteiger charge is -2.12. The Kier molecular flexibility index (Phi) is 6.49. The number of rotatable bonds is 8. The predicted molar refractivity (Wildman–Crippen MR) is 91.9 cm³/mol. The summed E-state index contributed by atoms with van der Waals surface area (Å²) < 4.78 is 29.2. The fraction of sp³-hybridized carbons (Fsp3) is 0.294. The van der Waals surface area contributed by atoms with Gasteiger partial charge in [-0.15, -0.1) is 0 Å². The van der Waals surface area contributed by atoms with Gasteiger partial charge in [-0.25, -0.2) is 13.4 Å². The number of ether oxygens (including phenoxy) is 1. The van der Waals surface area contributed by atoms with Gasteiger partial charge in [-0.1, -0.05) is 24.3 Å². The van der Waals surface area contributed by atoms with Crippen molar-refractivity contribution in [1.82, 2.24) is 10.3 Å². The van der Waals surface area contributed by atoms with Crippen molar-refractivity contribution in [3.63, 3.8) is 0 Å². The van der Waals surface area contributed by atoms with Gasteiger partial charge in [-0.2, -0.15) is 0 Å². The van der Waals surface area contributed by atoms with Crippen molar-refractivity contribution in [2.24, 2.45) is 0 Å². The first-order valence-electron chi connectivity index (χ1n) is 7.66. The normalized spacial score (nSPS) is 12.4. The molecule has 1 atom stereocenters. The number of hydrogen-bond acceptors (Lipinski definition) is 6. The van der Waals surface area contributed by atoms with Crippen LogP contribution in [0.2, 0.25) is 0 Å². The molecule has 2 rings (SSSR count). The molecule has 8 heteroatoms. The minimum atomic E-state index is -3.51. The molecule has 7 nitrogen and oxygen atoms in total. The highest BCUT2D eigenvalue weighted by molar-refractivity contribution is 7.91. The van der Waals surface area contributed by atoms with Crippen molar-refractivity contribution in [3.8, 4) is 5.88 Å². The van der Waals surface area contributed by atoms with Gasteiger partial charge in [-0.3, -0.25) is 4.79 Å². The predicted octanol–water partition coefficient (Wildman–Crippen LogP) is 1.10. The maximum Gasteiger partial charge on any atom is 0.221 e. The molecule has 0 aliphatic heterocycles. The zero-order chi connectivity index (χ0) is 18.3. The van der Waals surface area contributed by atoms with Gasteiger partial charge in [0.2, 0.25) is 11.8 Å². The molecule has 1 unspecified atom stereocenters. The van der Waals surface area contributed by atoms with Crippen LogP contribution < -0.4 is 10.1 Å². The van der Waals surface area contributed by atoms with Crippen molar-refractivity contribution < 1.29 is 23.1 Å². The molecule has 0 aliphatic carbocycles. The van der Waals surface area contributed by atoms with Gasteiger partial charge in [0.05, 0.1) is 23.5 Å². The molecule has 134 valence electrons. The second-order valence-electron chi connectivity index (χ2n) is 5.31. The number of hydrogen-bond donors (Lipinski definition) is 2. The topological polar surface area (TPSA) is 106 Å². The molecule has 1 aromatic heterocycles. The molecule has 2 aromatic rings. The Balaban J connectivity index is 1.84. The second kappa shape index (κ2) is 8.59. The third-order valence-corrected chi connectivity index (χ3v) is 5.22. The van der Waals surface area contributed by atoms with Crippen molar-refractivity contribution in [1.29, 1.82) is 0 Å². The molecule has 0 aliphatic rings. The van der Waals surface area contributed by atoms with E-state index in [0.29, 0.717) is 11.6 Å². The summed E-state index contributed by atoms with van der Waals surface area (Å²) in [6, 6.07) is 12.9. The Morgan fingerprint density at radius 2 is 1.92 bits per heavy atom. The Hall–Kier alpha value is -2.45. The molecular formula is C17H20N2O5S. The summed E-state index contributed by atoms with van der Waals surface area (Å²) >= 11 is 0. The molecule has 1 heterocycles. The summed E-state index contributed by atoms with van der Waals surface area (Å²) in [7, 11) is -2.04. The van der Waals surface area contributed by atoms with E-state index >= 15 is 0 Å². The molecular weight excluding hydrogens is 344 g/mol. The quantitative estimate of drug-likeness (QED) is 0.727. The first-order valence-corrected chi connectivity index (χ1v) is 9.31. The number of methoxy groups -OCH3 is 1. The van der Waals surface area contributed by atoms with Gasteiger partial charge in [0.15, 0.2) is 9.84 Å². The highest BCUT2D eigenvalue weighted by Crippen LogP contribution is 2.14. The number of aliphatic hydroxyl groups excluding tert-OH is 1. The van der Waals surface area contributed by atoms with Crippen molar-refractivity contribution in [2.45, 2.75) is 17.4 Å². The third kappa shape index (κ3) is 5.54. The zero-order valence-corrected chi connectivity index (χ0v) is 14.6. The van der Waals surface area contributed by atoms with Crippen LogP contribution in [0.1, 0.15) is 18.2 Å². The first-order chi connectivity index (χ1) is 11.9. The van der Waals surface area contributed by atoms with Crippen LogP contribution in [0, 0.1) is 0 Å². The van der Waals surface area contributed by atoms with Gasteiger partial charge in [-0.05, 0) is 18.2 Å². The lowest BCUT2D eigenvalue weighted by molar-refractivity contribution is -0.121. The van der Waals surface area contributed by atoms with E-state index in [9.17, 15) is 18.3 Å². The zero-order valence-electron chi connectivity index (χ0n) is 13.8. The molecule has 1 amide bonds. The Labute approximate surface area is 146 Å². The van der Waals surface area contributed by atoms with Gasteiger partial charge in [0, 0.05) is 19.0 Å². The minimum absolute atomic E-state index is 0.0651. The maximum atomic E-state index is 12.1. The summed E-state index contributed by atoms with van der Waals surface area (Å²) in [4.78, 5) is 16.1. The van der Waals surface area contributed by atoms with E-state index < -0.39 is 21.8 Å². The monoisotopic (exact) mass is 364 g/mol. The van der Waals surface area contributed by atoms with E-state index in [4.69, 9.17) is 4.74 Å². The fourth-order valence-corrected chi connectivity index (χ4v) is 3.37. The lowest BCUT2D eigenvalue weighted by atomic mass is 10.2. The molecule has 0 saturated carbocycles. The Morgan fingerprint density at radius 3 is 2.60 bits per heavy atom. The van der Waals surface area contributed by atoms with Gasteiger partial charge >= 0.3 is 0 Å². The summed E-state index contributed by atoms with van der Waals surface area (Å²) in [6.45, 7) is -0.0651. The summed E-state index contributed by atoms with van der Waals surface area (Å²) in [5.74, 6) is -0.394. The van der Waals surface area contributed by atoms with Crippen LogP contribution in [0.25, 0.3) is 0 Å². The lowest BCUT2D eigenvalue weighted by Crippen LogP contribution is -2.30. The molecule has 0 fully saturated rings. The van der Waals surface area contributed by atoms with Crippen LogP contribution in [-0.2, 0) is 14.6 Å². The number of aliphatic hydroxyl groups is 1. The minimum Gasteiger partial charge on any atom is -0.481 e. The van der Waals surface area contributed by atoms with Gasteiger partial charge in [0.1, 0.15) is 6.10 Å². The van der Waals surface area contributed by atoms with Crippen LogP contribution in [0.3, 0.4) is 0 Å². The number of benzene rings is 1. The van der Waals surface area contributed by atoms with E-state index in [1.165, 1.54) is 19.2 Å². The van der Waals surface area contributed by atoms with Crippen LogP contribution >= 0.6 is 0 Å². The second-order valence-corrected chi connectivity index (χ2v) is 7.42. The van der Waals surface area contributed by atoms with Crippen molar-refractivity contribution in [3.05, 3.63) is 54.2 Å². The van der Waals surface area contributed by atoms with Crippen molar-refractivity contribution in [2.75, 3.05) is 19.4 Å². The number of aromatic nitrogens is 1. The van der Waals surface area contributed by atoms with Crippen LogP contribution in [-0.4, -0.2) is 43.8 Å². The average molecular weight is 364 g/mol. The first kappa shape index (κ1) is 18.9. The third-order valence-electron chi connectivity index (χ3n) is 3.49. The number of sulfone groups is 1. The number of pyridine rings is 1. The van der Waals surface area contributed by atoms with Crippen LogP contribution in [0.4, 0.5) is 0 Å². The average Bonchev–Trinajstić information content (AvgIpc) is 2.65. The van der Waals surface area contributed by atoms with E-state index in [0.717, 1.165) is 0 Å². The van der Waals surface area contributed by atoms with Crippen molar-refractivity contribution >= 4 is 15.7 Å². The van der Waals surface area contributed by atoms with Crippen LogP contribution in [0.5, 0.6) is 5.88 Å². The molecule has 0 radical (unpaired) electrons. The fourth-order valence-electron chi connectivity index (χ4n) is 2.11. The van der Waals surface area contributed by atoms with E-state index in [1.54, 1.807) is 36.4 Å². The molecule has 0 spiro atoms. The summed E-state index contributed by atoms with van der Waals surface area (Å²) in [5, 5.41) is 12.6. The van der Waals surface area contributed by atoms with E-state index in [1.807, 2.05) is 0 Å². The largest absolute Gasteiger partial charge is 0.481 e. The molecule has 25 heavy (non-hydrogen) atoms. The SMILES string of the molecule is COc1cccc(C(O)CNC(=O)CCS(=O)(=O)c2ccccc2)n1. The number of nitrogens with zero attached hydrogens (tertiary/aromatic N) is 1. The molecule has 2 N–H and O–H groups in total. The van der Waals surface area contributed by atoms with Crippen LogP contribution in [0.15, 0.2) is 53.4 Å². The molecule has 0 bridgehead atoms. The highest BCUT2D eigenvalue weighted by atomic mass is 32.2. The van der Waals surface area contributed by atoms with E-state index in [-0.39, 0.29) is 23.6 Å². The summed E-state index contributed by atoms with van der Waals surface area (Å²) in [6.07, 6.45) is -1.19. The number of amides is 1. The Bertz CT molecular complexity index is 809. The highest BCUT2D eigenvalue weighted by Gasteiger charge is 2.17. The molecule has 1 aromatic carbocycles. The molecule has 0 saturated heterocycles. The van der Waals surface area contributed by atoms with E-state index in [2.05, 4.69) is 10.3 Å². The number of carbonyl (C=O) groups excluding carboxylic acids is 1.